The van der Waals surface area contributed by atoms with Gasteiger partial charge in [-0.2, -0.15) is 0 Å². The lowest BCUT2D eigenvalue weighted by Crippen LogP contribution is -2.28. The predicted molar refractivity (Wildman–Crippen MR) is 127 cm³/mol. The molecule has 3 aromatic carbocycles. The van der Waals surface area contributed by atoms with Gasteiger partial charge in [-0.1, -0.05) is 78.9 Å². The van der Waals surface area contributed by atoms with Crippen LogP contribution in [0, 0.1) is 0 Å². The number of amides is 1. The Hall–Kier alpha value is -3.66. The minimum atomic E-state index is 0.0232. The molecule has 4 nitrogen and oxygen atoms in total. The second-order valence-corrected chi connectivity index (χ2v) is 7.90. The standard InChI is InChI=1S/C27H27N3O/c1-20(2)19-30-25-11-7-6-10-24(25)29-26(30)16-17-28-27(31)18-21-12-14-23(15-13-21)22-8-4-3-5-9-22/h3-15H,1,16-19H2,2H3,(H,28,31). The third-order valence-corrected chi connectivity index (χ3v) is 5.26. The van der Waals surface area contributed by atoms with E-state index >= 15 is 0 Å². The van der Waals surface area contributed by atoms with Gasteiger partial charge in [0.2, 0.25) is 5.91 Å². The molecule has 1 heterocycles. The zero-order chi connectivity index (χ0) is 21.6. The summed E-state index contributed by atoms with van der Waals surface area (Å²) in [5.41, 5.74) is 6.49. The molecule has 0 saturated heterocycles. The minimum Gasteiger partial charge on any atom is -0.355 e. The van der Waals surface area contributed by atoms with Crippen LogP contribution in [0.2, 0.25) is 0 Å². The van der Waals surface area contributed by atoms with E-state index in [1.807, 2.05) is 55.5 Å². The molecule has 0 atom stereocenters. The summed E-state index contributed by atoms with van der Waals surface area (Å²) in [6.07, 6.45) is 1.05. The molecule has 0 aliphatic heterocycles. The second-order valence-electron chi connectivity index (χ2n) is 7.90. The van der Waals surface area contributed by atoms with Crippen molar-refractivity contribution in [1.29, 1.82) is 0 Å². The Labute approximate surface area is 183 Å². The first-order valence-electron chi connectivity index (χ1n) is 10.6. The van der Waals surface area contributed by atoms with Gasteiger partial charge in [0.25, 0.3) is 0 Å². The van der Waals surface area contributed by atoms with E-state index in [1.165, 1.54) is 5.56 Å². The Morgan fingerprint density at radius 1 is 0.935 bits per heavy atom. The molecule has 1 N–H and O–H groups in total. The van der Waals surface area contributed by atoms with Crippen LogP contribution in [0.3, 0.4) is 0 Å². The molecule has 0 spiro atoms. The fourth-order valence-corrected chi connectivity index (χ4v) is 3.77. The van der Waals surface area contributed by atoms with E-state index < -0.39 is 0 Å². The topological polar surface area (TPSA) is 46.9 Å². The first-order chi connectivity index (χ1) is 15.1. The summed E-state index contributed by atoms with van der Waals surface area (Å²) >= 11 is 0. The number of allylic oxidation sites excluding steroid dienone is 1. The zero-order valence-corrected chi connectivity index (χ0v) is 17.8. The Kier molecular flexibility index (Phi) is 6.27. The molecule has 0 bridgehead atoms. The van der Waals surface area contributed by atoms with Gasteiger partial charge in [-0.3, -0.25) is 4.79 Å². The molecule has 0 aliphatic carbocycles. The van der Waals surface area contributed by atoms with Gasteiger partial charge >= 0.3 is 0 Å². The van der Waals surface area contributed by atoms with Crippen LogP contribution in [0.4, 0.5) is 0 Å². The number of nitrogens with zero attached hydrogens (tertiary/aromatic N) is 2. The number of para-hydroxylation sites is 2. The number of hydrogen-bond donors (Lipinski definition) is 1. The van der Waals surface area contributed by atoms with Crippen LogP contribution in [-0.4, -0.2) is 22.0 Å². The van der Waals surface area contributed by atoms with Crippen LogP contribution >= 0.6 is 0 Å². The quantitative estimate of drug-likeness (QED) is 0.408. The molecule has 156 valence electrons. The molecular weight excluding hydrogens is 382 g/mol. The van der Waals surface area contributed by atoms with Crippen molar-refractivity contribution in [3.63, 3.8) is 0 Å². The van der Waals surface area contributed by atoms with E-state index in [1.54, 1.807) is 0 Å². The normalized spacial score (nSPS) is 10.9. The van der Waals surface area contributed by atoms with Crippen molar-refractivity contribution in [1.82, 2.24) is 14.9 Å². The maximum absolute atomic E-state index is 12.4. The van der Waals surface area contributed by atoms with E-state index in [2.05, 4.69) is 46.8 Å². The monoisotopic (exact) mass is 409 g/mol. The lowest BCUT2D eigenvalue weighted by atomic mass is 10.0. The van der Waals surface area contributed by atoms with E-state index in [0.717, 1.165) is 40.1 Å². The lowest BCUT2D eigenvalue weighted by Gasteiger charge is -2.10. The molecule has 4 aromatic rings. The van der Waals surface area contributed by atoms with E-state index in [-0.39, 0.29) is 5.91 Å². The highest BCUT2D eigenvalue weighted by molar-refractivity contribution is 5.79. The number of imidazole rings is 1. The number of benzene rings is 3. The lowest BCUT2D eigenvalue weighted by molar-refractivity contribution is -0.120. The molecule has 0 unspecified atom stereocenters. The number of fused-ring (bicyclic) bond motifs is 1. The van der Waals surface area contributed by atoms with Gasteiger partial charge in [0.05, 0.1) is 17.5 Å². The summed E-state index contributed by atoms with van der Waals surface area (Å²) < 4.78 is 2.19. The van der Waals surface area contributed by atoms with Crippen LogP contribution in [0.5, 0.6) is 0 Å². The van der Waals surface area contributed by atoms with Crippen LogP contribution in [0.1, 0.15) is 18.3 Å². The summed E-state index contributed by atoms with van der Waals surface area (Å²) in [6, 6.07) is 26.5. The zero-order valence-electron chi connectivity index (χ0n) is 17.8. The Morgan fingerprint density at radius 2 is 1.61 bits per heavy atom. The maximum atomic E-state index is 12.4. The molecule has 4 heteroatoms. The third-order valence-electron chi connectivity index (χ3n) is 5.26. The SMILES string of the molecule is C=C(C)Cn1c(CCNC(=O)Cc2ccc(-c3ccccc3)cc2)nc2ccccc21. The molecule has 0 fully saturated rings. The van der Waals surface area contributed by atoms with Crippen LogP contribution in [0.25, 0.3) is 22.2 Å². The number of carbonyl (C=O) groups excluding carboxylic acids is 1. The van der Waals surface area contributed by atoms with Crippen LogP contribution in [0.15, 0.2) is 91.0 Å². The Morgan fingerprint density at radius 3 is 2.35 bits per heavy atom. The molecule has 0 radical (unpaired) electrons. The highest BCUT2D eigenvalue weighted by Crippen LogP contribution is 2.20. The number of rotatable bonds is 8. The van der Waals surface area contributed by atoms with Crippen molar-refractivity contribution in [2.24, 2.45) is 0 Å². The van der Waals surface area contributed by atoms with Gasteiger partial charge in [-0.25, -0.2) is 4.98 Å². The molecule has 1 aromatic heterocycles. The van der Waals surface area contributed by atoms with E-state index in [9.17, 15) is 4.79 Å². The average Bonchev–Trinajstić information content (AvgIpc) is 3.12. The molecule has 31 heavy (non-hydrogen) atoms. The summed E-state index contributed by atoms with van der Waals surface area (Å²) in [5, 5.41) is 3.04. The van der Waals surface area contributed by atoms with Crippen molar-refractivity contribution >= 4 is 16.9 Å². The molecule has 0 aliphatic rings. The predicted octanol–water partition coefficient (Wildman–Crippen LogP) is 5.18. The van der Waals surface area contributed by atoms with Crippen molar-refractivity contribution in [3.05, 3.63) is 102 Å². The molecule has 4 rings (SSSR count). The van der Waals surface area contributed by atoms with Gasteiger partial charge in [-0.05, 0) is 35.7 Å². The van der Waals surface area contributed by atoms with E-state index in [4.69, 9.17) is 4.98 Å². The molecule has 1 amide bonds. The van der Waals surface area contributed by atoms with Crippen molar-refractivity contribution in [3.8, 4) is 11.1 Å². The Balaban J connectivity index is 1.35. The number of carbonyl (C=O) groups is 1. The third kappa shape index (κ3) is 5.10. The first kappa shape index (κ1) is 20.6. The fraction of sp³-hybridized carbons (Fsp3) is 0.185. The van der Waals surface area contributed by atoms with Crippen molar-refractivity contribution in [2.45, 2.75) is 26.3 Å². The average molecular weight is 410 g/mol. The highest BCUT2D eigenvalue weighted by Gasteiger charge is 2.11. The van der Waals surface area contributed by atoms with Crippen LogP contribution < -0.4 is 5.32 Å². The van der Waals surface area contributed by atoms with Crippen molar-refractivity contribution < 1.29 is 4.79 Å². The van der Waals surface area contributed by atoms with Gasteiger partial charge in [0.15, 0.2) is 0 Å². The van der Waals surface area contributed by atoms with Crippen LogP contribution in [-0.2, 0) is 24.2 Å². The van der Waals surface area contributed by atoms with Crippen molar-refractivity contribution in [2.75, 3.05) is 6.54 Å². The second kappa shape index (κ2) is 9.43. The number of aromatic nitrogens is 2. The van der Waals surface area contributed by atoms with Gasteiger partial charge in [0, 0.05) is 19.5 Å². The summed E-state index contributed by atoms with van der Waals surface area (Å²) in [4.78, 5) is 17.2. The minimum absolute atomic E-state index is 0.0232. The Bertz CT molecular complexity index is 1190. The maximum Gasteiger partial charge on any atom is 0.224 e. The van der Waals surface area contributed by atoms with Gasteiger partial charge in [0.1, 0.15) is 5.82 Å². The highest BCUT2D eigenvalue weighted by atomic mass is 16.1. The smallest absolute Gasteiger partial charge is 0.224 e. The molecular formula is C27H27N3O. The summed E-state index contributed by atoms with van der Waals surface area (Å²) in [7, 11) is 0. The largest absolute Gasteiger partial charge is 0.355 e. The number of hydrogen-bond acceptors (Lipinski definition) is 2. The number of nitrogens with one attached hydrogen (secondary N) is 1. The van der Waals surface area contributed by atoms with E-state index in [0.29, 0.717) is 19.4 Å². The summed E-state index contributed by atoms with van der Waals surface area (Å²) in [5.74, 6) is 0.992. The summed E-state index contributed by atoms with van der Waals surface area (Å²) in [6.45, 7) is 7.35. The fourth-order valence-electron chi connectivity index (χ4n) is 3.77. The van der Waals surface area contributed by atoms with Gasteiger partial charge in [-0.15, -0.1) is 0 Å². The van der Waals surface area contributed by atoms with Gasteiger partial charge < -0.3 is 9.88 Å². The molecule has 0 saturated carbocycles. The first-order valence-corrected chi connectivity index (χ1v) is 10.6.